The van der Waals surface area contributed by atoms with E-state index < -0.39 is 6.69 Å². The normalized spacial score (nSPS) is 20.6. The number of rotatable bonds is 1. The molecule has 0 radical (unpaired) electrons. The van der Waals surface area contributed by atoms with E-state index in [1.165, 1.54) is 0 Å². The van der Waals surface area contributed by atoms with Crippen molar-refractivity contribution in [2.75, 3.05) is 4.81 Å². The molecule has 6 heterocycles. The molecule has 0 amide bonds. The van der Waals surface area contributed by atoms with Crippen LogP contribution in [-0.4, -0.2) is 26.8 Å². The quantitative estimate of drug-likeness (QED) is 0.426. The highest BCUT2D eigenvalue weighted by atomic mass is 16.5. The smallest absolute Gasteiger partial charge is 0.453 e. The summed E-state index contributed by atoms with van der Waals surface area (Å²) < 4.78 is 10.9. The first-order valence-corrected chi connectivity index (χ1v) is 11.0. The van der Waals surface area contributed by atoms with Crippen molar-refractivity contribution in [2.45, 2.75) is 0 Å². The van der Waals surface area contributed by atoms with E-state index in [4.69, 9.17) is 9.73 Å². The maximum atomic E-state index is 6.43. The minimum Gasteiger partial charge on any atom is -0.453 e. The zero-order valence-electron chi connectivity index (χ0n) is 17.5. The van der Waals surface area contributed by atoms with Crippen LogP contribution in [0.4, 0.5) is 17.2 Å². The summed E-state index contributed by atoms with van der Waals surface area (Å²) in [6, 6.07) is 20.6. The number of pyridine rings is 1. The largest absolute Gasteiger partial charge is 0.508 e. The lowest BCUT2D eigenvalue weighted by molar-refractivity contribution is -0.544. The molecule has 33 heavy (non-hydrogen) atoms. The number of para-hydroxylation sites is 3. The zero-order chi connectivity index (χ0) is 21.6. The average molecular weight is 428 g/mol. The molecule has 8 heteroatoms. The predicted octanol–water partition coefficient (Wildman–Crippen LogP) is 4.22. The van der Waals surface area contributed by atoms with Crippen molar-refractivity contribution in [1.29, 1.82) is 0 Å². The van der Waals surface area contributed by atoms with Crippen molar-refractivity contribution in [2.24, 2.45) is 4.99 Å². The number of aromatic nitrogens is 3. The van der Waals surface area contributed by atoms with Crippen LogP contribution in [0.5, 0.6) is 11.5 Å². The number of amidine groups is 1. The highest BCUT2D eigenvalue weighted by Crippen LogP contribution is 2.56. The average Bonchev–Trinajstić information content (AvgIpc) is 3.41. The van der Waals surface area contributed by atoms with Gasteiger partial charge in [-0.25, -0.2) is 4.98 Å². The van der Waals surface area contributed by atoms with Crippen LogP contribution in [0.15, 0.2) is 109 Å². The zero-order valence-corrected chi connectivity index (χ0v) is 17.5. The molecule has 4 aliphatic rings. The van der Waals surface area contributed by atoms with Crippen molar-refractivity contribution in [3.05, 3.63) is 109 Å². The van der Waals surface area contributed by atoms with Gasteiger partial charge in [0.05, 0.1) is 17.7 Å². The van der Waals surface area contributed by atoms with E-state index in [1.54, 1.807) is 0 Å². The molecule has 0 saturated heterocycles. The van der Waals surface area contributed by atoms with Crippen LogP contribution in [0.3, 0.4) is 0 Å². The third kappa shape index (κ3) is 1.90. The molecule has 7 nitrogen and oxygen atoms in total. The monoisotopic (exact) mass is 428 g/mol. The van der Waals surface area contributed by atoms with Crippen molar-refractivity contribution >= 4 is 35.4 Å². The lowest BCUT2D eigenvalue weighted by Gasteiger charge is -2.61. The fraction of sp³-hybridized carbons (Fsp3) is 0. The second kappa shape index (κ2) is 5.80. The van der Waals surface area contributed by atoms with Crippen molar-refractivity contribution < 1.29 is 9.21 Å². The number of nitrogens with zero attached hydrogens (tertiary/aromatic N) is 6. The van der Waals surface area contributed by atoms with E-state index in [-0.39, 0.29) is 0 Å². The van der Waals surface area contributed by atoms with Crippen LogP contribution in [0, 0.1) is 0 Å². The summed E-state index contributed by atoms with van der Waals surface area (Å²) in [5.41, 5.74) is 4.24. The van der Waals surface area contributed by atoms with Crippen molar-refractivity contribution in [3.8, 4) is 11.5 Å². The Labute approximate surface area is 189 Å². The Morgan fingerprint density at radius 1 is 0.909 bits per heavy atom. The molecular weight excluding hydrogens is 411 g/mol. The van der Waals surface area contributed by atoms with Gasteiger partial charge in [0.25, 0.3) is 5.82 Å². The van der Waals surface area contributed by atoms with Gasteiger partial charge in [0.15, 0.2) is 0 Å². The maximum absolute atomic E-state index is 6.43. The van der Waals surface area contributed by atoms with Gasteiger partial charge in [0.2, 0.25) is 5.84 Å². The molecule has 4 aliphatic heterocycles. The summed E-state index contributed by atoms with van der Waals surface area (Å²) in [6.45, 7) is -1.85. The summed E-state index contributed by atoms with van der Waals surface area (Å²) in [5.74, 6) is 3.44. The van der Waals surface area contributed by atoms with E-state index in [2.05, 4.69) is 84.4 Å². The van der Waals surface area contributed by atoms with Crippen LogP contribution in [0.25, 0.3) is 5.70 Å². The Kier molecular flexibility index (Phi) is 2.99. The molecule has 0 saturated carbocycles. The molecule has 0 aliphatic carbocycles. The number of hydrogen-bond acceptors (Lipinski definition) is 5. The molecule has 2 aromatic heterocycles. The summed E-state index contributed by atoms with van der Waals surface area (Å²) in [4.78, 5) is 14.3. The molecular formula is C25H17BN6O. The van der Waals surface area contributed by atoms with Gasteiger partial charge in [-0.2, -0.15) is 0 Å². The molecule has 0 spiro atoms. The SMILES string of the molecule is C1=CC2=Nc3cccc[n+]3[B-]3(n4ccnc4)N2C(=C1)c1cccc2c1N3c1ccccc1O2. The van der Waals surface area contributed by atoms with Crippen LogP contribution in [-0.2, 0) is 0 Å². The van der Waals surface area contributed by atoms with E-state index >= 15 is 0 Å². The second-order valence-electron chi connectivity index (χ2n) is 8.51. The van der Waals surface area contributed by atoms with Gasteiger partial charge in [0.1, 0.15) is 11.5 Å². The Morgan fingerprint density at radius 3 is 2.76 bits per heavy atom. The maximum Gasteiger partial charge on any atom is 0.508 e. The number of fused-ring (bicyclic) bond motifs is 6. The van der Waals surface area contributed by atoms with E-state index in [1.807, 2.05) is 43.0 Å². The van der Waals surface area contributed by atoms with Gasteiger partial charge in [-0.05, 0) is 41.5 Å². The predicted molar refractivity (Wildman–Crippen MR) is 127 cm³/mol. The molecule has 4 aromatic rings. The molecule has 1 unspecified atom stereocenters. The second-order valence-corrected chi connectivity index (χ2v) is 8.51. The molecule has 0 fully saturated rings. The van der Waals surface area contributed by atoms with Gasteiger partial charge in [-0.3, -0.25) is 0 Å². The van der Waals surface area contributed by atoms with Crippen molar-refractivity contribution in [1.82, 2.24) is 14.3 Å². The van der Waals surface area contributed by atoms with Crippen LogP contribution < -0.4 is 14.0 Å². The van der Waals surface area contributed by atoms with Crippen LogP contribution >= 0.6 is 0 Å². The van der Waals surface area contributed by atoms with Gasteiger partial charge < -0.3 is 23.3 Å². The molecule has 0 N–H and O–H groups in total. The van der Waals surface area contributed by atoms with Gasteiger partial charge >= 0.3 is 6.69 Å². The van der Waals surface area contributed by atoms with Gasteiger partial charge in [-0.1, -0.05) is 36.4 Å². The Bertz CT molecular complexity index is 1570. The minimum atomic E-state index is -1.85. The summed E-state index contributed by atoms with van der Waals surface area (Å²) in [5, 5.41) is 0. The highest BCUT2D eigenvalue weighted by Gasteiger charge is 2.60. The van der Waals surface area contributed by atoms with E-state index in [0.29, 0.717) is 0 Å². The van der Waals surface area contributed by atoms with E-state index in [9.17, 15) is 0 Å². The molecule has 8 rings (SSSR count). The summed E-state index contributed by atoms with van der Waals surface area (Å²) in [6.07, 6.45) is 14.2. The summed E-state index contributed by atoms with van der Waals surface area (Å²) in [7, 11) is 0. The van der Waals surface area contributed by atoms with Crippen LogP contribution in [0.2, 0.25) is 0 Å². The lowest BCUT2D eigenvalue weighted by atomic mass is 9.61. The van der Waals surface area contributed by atoms with Gasteiger partial charge in [0, 0.05) is 35.8 Å². The Morgan fingerprint density at radius 2 is 1.82 bits per heavy atom. The lowest BCUT2D eigenvalue weighted by Crippen LogP contribution is -2.88. The molecule has 1 atom stereocenters. The van der Waals surface area contributed by atoms with Crippen LogP contribution in [0.1, 0.15) is 5.56 Å². The summed E-state index contributed by atoms with van der Waals surface area (Å²) >= 11 is 0. The first kappa shape index (κ1) is 17.0. The fourth-order valence-electron chi connectivity index (χ4n) is 5.79. The van der Waals surface area contributed by atoms with Crippen molar-refractivity contribution in [3.63, 3.8) is 0 Å². The highest BCUT2D eigenvalue weighted by molar-refractivity contribution is 6.78. The number of anilines is 2. The number of allylic oxidation sites excluding steroid dienone is 2. The fourth-order valence-corrected chi connectivity index (χ4v) is 5.79. The van der Waals surface area contributed by atoms with E-state index in [0.717, 1.165) is 45.8 Å². The standard InChI is InChI=1S/C25H17BN6O/c1-2-10-21-20(8-1)32-25-18(7-5-11-22(25)33-21)19-9-6-13-24-28-23-12-3-4-15-30(23)26(32,31(19)24)29-16-14-27-17-29/h1-17H. The number of aliphatic imine (C=N–C) groups is 1. The first-order chi connectivity index (χ1) is 16.4. The topological polar surface area (TPSA) is 49.8 Å². The molecule has 0 bridgehead atoms. The number of imidazole rings is 1. The number of hydrogen-bond donors (Lipinski definition) is 0. The Balaban J connectivity index is 1.62. The first-order valence-electron chi connectivity index (χ1n) is 11.0. The van der Waals surface area contributed by atoms with Gasteiger partial charge in [-0.15, -0.1) is 0 Å². The minimum absolute atomic E-state index is 0.825. The molecule has 2 aromatic carbocycles. The molecule has 156 valence electrons. The third-order valence-electron chi connectivity index (χ3n) is 6.95. The number of benzene rings is 2. The third-order valence-corrected chi connectivity index (χ3v) is 6.95. The Hall–Kier alpha value is -4.59. The number of ether oxygens (including phenoxy) is 1.